The summed E-state index contributed by atoms with van der Waals surface area (Å²) in [7, 11) is 1.58. The molecule has 2 aromatic carbocycles. The highest BCUT2D eigenvalue weighted by Gasteiger charge is 2.25. The van der Waals surface area contributed by atoms with Crippen molar-refractivity contribution in [2.24, 2.45) is 0 Å². The molecular weight excluding hydrogens is 334 g/mol. The number of piperazine rings is 1. The van der Waals surface area contributed by atoms with Crippen LogP contribution in [-0.4, -0.2) is 49.0 Å². The van der Waals surface area contributed by atoms with Crippen molar-refractivity contribution in [1.29, 1.82) is 0 Å². The molecule has 0 saturated carbocycles. The summed E-state index contributed by atoms with van der Waals surface area (Å²) in [6.45, 7) is 3.69. The van der Waals surface area contributed by atoms with Crippen molar-refractivity contribution in [3.63, 3.8) is 0 Å². The molecule has 1 aliphatic heterocycles. The second kappa shape index (κ2) is 7.97. The SMILES string of the molecule is COc1cccc(C(=O)N2CC[NH+](Cc3cccc([N+](=O)[O-])c3)CC2)c1. The molecule has 0 aliphatic carbocycles. The molecule has 0 unspecified atom stereocenters. The fraction of sp³-hybridized carbons (Fsp3) is 0.316. The second-order valence-corrected chi connectivity index (χ2v) is 6.38. The van der Waals surface area contributed by atoms with E-state index in [0.717, 1.165) is 25.2 Å². The fourth-order valence-corrected chi connectivity index (χ4v) is 3.21. The molecule has 7 heteroatoms. The van der Waals surface area contributed by atoms with Crippen molar-refractivity contribution in [3.8, 4) is 5.75 Å². The quantitative estimate of drug-likeness (QED) is 0.644. The van der Waals surface area contributed by atoms with E-state index in [1.54, 1.807) is 31.4 Å². The first kappa shape index (κ1) is 17.9. The van der Waals surface area contributed by atoms with Crippen molar-refractivity contribution in [2.45, 2.75) is 6.54 Å². The minimum absolute atomic E-state index is 0.0123. The molecule has 0 aromatic heterocycles. The number of carbonyl (C=O) groups excluding carboxylic acids is 1. The summed E-state index contributed by atoms with van der Waals surface area (Å²) in [5.74, 6) is 0.684. The third kappa shape index (κ3) is 4.18. The molecule has 136 valence electrons. The number of carbonyl (C=O) groups is 1. The Hall–Kier alpha value is -2.93. The van der Waals surface area contributed by atoms with E-state index in [9.17, 15) is 14.9 Å². The van der Waals surface area contributed by atoms with Crippen molar-refractivity contribution in [3.05, 3.63) is 69.8 Å². The lowest BCUT2D eigenvalue weighted by molar-refractivity contribution is -0.917. The number of nitrogens with one attached hydrogen (secondary N) is 1. The van der Waals surface area contributed by atoms with E-state index in [1.165, 1.54) is 11.0 Å². The summed E-state index contributed by atoms with van der Waals surface area (Å²) in [5, 5.41) is 10.9. The Bertz CT molecular complexity index is 801. The fourth-order valence-electron chi connectivity index (χ4n) is 3.21. The normalized spacial score (nSPS) is 14.9. The number of benzene rings is 2. The number of methoxy groups -OCH3 is 1. The number of hydrogen-bond acceptors (Lipinski definition) is 4. The second-order valence-electron chi connectivity index (χ2n) is 6.38. The highest BCUT2D eigenvalue weighted by Crippen LogP contribution is 2.15. The van der Waals surface area contributed by atoms with Gasteiger partial charge in [0.1, 0.15) is 12.3 Å². The zero-order chi connectivity index (χ0) is 18.5. The first-order chi connectivity index (χ1) is 12.6. The number of nitro benzene ring substituents is 1. The zero-order valence-corrected chi connectivity index (χ0v) is 14.7. The van der Waals surface area contributed by atoms with Crippen LogP contribution in [0.15, 0.2) is 48.5 Å². The van der Waals surface area contributed by atoms with Gasteiger partial charge in [-0.25, -0.2) is 0 Å². The van der Waals surface area contributed by atoms with Crippen LogP contribution in [0.2, 0.25) is 0 Å². The van der Waals surface area contributed by atoms with Crippen LogP contribution in [0.4, 0.5) is 5.69 Å². The smallest absolute Gasteiger partial charge is 0.269 e. The van der Waals surface area contributed by atoms with Crippen LogP contribution < -0.4 is 9.64 Å². The highest BCUT2D eigenvalue weighted by atomic mass is 16.6. The summed E-state index contributed by atoms with van der Waals surface area (Å²) in [6.07, 6.45) is 0. The Labute approximate surface area is 151 Å². The standard InChI is InChI=1S/C19H21N3O4/c1-26-18-7-3-5-16(13-18)19(23)21-10-8-20(9-11-21)14-15-4-2-6-17(12-15)22(24)25/h2-7,12-13H,8-11,14H2,1H3/p+1. The minimum Gasteiger partial charge on any atom is -0.497 e. The maximum Gasteiger partial charge on any atom is 0.269 e. The summed E-state index contributed by atoms with van der Waals surface area (Å²) in [5.41, 5.74) is 1.70. The summed E-state index contributed by atoms with van der Waals surface area (Å²) in [4.78, 5) is 26.3. The molecule has 1 saturated heterocycles. The largest absolute Gasteiger partial charge is 0.497 e. The summed E-state index contributed by atoms with van der Waals surface area (Å²) in [6, 6.07) is 13.9. The van der Waals surface area contributed by atoms with Gasteiger partial charge in [-0.15, -0.1) is 0 Å². The van der Waals surface area contributed by atoms with Gasteiger partial charge < -0.3 is 14.5 Å². The van der Waals surface area contributed by atoms with Crippen molar-refractivity contribution in [2.75, 3.05) is 33.3 Å². The van der Waals surface area contributed by atoms with E-state index < -0.39 is 0 Å². The average molecular weight is 356 g/mol. The van der Waals surface area contributed by atoms with Gasteiger partial charge in [-0.1, -0.05) is 18.2 Å². The third-order valence-corrected chi connectivity index (χ3v) is 4.65. The Morgan fingerprint density at radius 3 is 2.62 bits per heavy atom. The van der Waals surface area contributed by atoms with Crippen LogP contribution >= 0.6 is 0 Å². The molecule has 2 aromatic rings. The van der Waals surface area contributed by atoms with Gasteiger partial charge in [0.25, 0.3) is 11.6 Å². The van der Waals surface area contributed by atoms with Crippen LogP contribution in [-0.2, 0) is 6.54 Å². The van der Waals surface area contributed by atoms with Crippen molar-refractivity contribution in [1.82, 2.24) is 4.90 Å². The molecule has 0 radical (unpaired) electrons. The molecule has 3 rings (SSSR count). The number of rotatable bonds is 5. The van der Waals surface area contributed by atoms with E-state index in [4.69, 9.17) is 4.74 Å². The van der Waals surface area contributed by atoms with E-state index in [0.29, 0.717) is 24.4 Å². The topological polar surface area (TPSA) is 77.1 Å². The van der Waals surface area contributed by atoms with Gasteiger partial charge in [-0.3, -0.25) is 14.9 Å². The third-order valence-electron chi connectivity index (χ3n) is 4.65. The minimum atomic E-state index is -0.371. The molecule has 1 amide bonds. The van der Waals surface area contributed by atoms with Crippen LogP contribution in [0.3, 0.4) is 0 Å². The molecule has 0 bridgehead atoms. The van der Waals surface area contributed by atoms with Crippen molar-refractivity contribution >= 4 is 11.6 Å². The number of nitro groups is 1. The Kier molecular flexibility index (Phi) is 5.48. The summed E-state index contributed by atoms with van der Waals surface area (Å²) < 4.78 is 5.18. The molecule has 26 heavy (non-hydrogen) atoms. The average Bonchev–Trinajstić information content (AvgIpc) is 2.68. The highest BCUT2D eigenvalue weighted by molar-refractivity contribution is 5.94. The van der Waals surface area contributed by atoms with Gasteiger partial charge >= 0.3 is 0 Å². The van der Waals surface area contributed by atoms with Gasteiger partial charge in [0.15, 0.2) is 0 Å². The first-order valence-corrected chi connectivity index (χ1v) is 8.57. The van der Waals surface area contributed by atoms with Crippen LogP contribution in [0.1, 0.15) is 15.9 Å². The van der Waals surface area contributed by atoms with Gasteiger partial charge in [-0.2, -0.15) is 0 Å². The lowest BCUT2D eigenvalue weighted by Crippen LogP contribution is -3.13. The Morgan fingerprint density at radius 2 is 1.92 bits per heavy atom. The monoisotopic (exact) mass is 356 g/mol. The molecule has 0 atom stereocenters. The van der Waals surface area contributed by atoms with Gasteiger partial charge in [0, 0.05) is 23.3 Å². The van der Waals surface area contributed by atoms with Crippen LogP contribution in [0, 0.1) is 10.1 Å². The van der Waals surface area contributed by atoms with E-state index in [1.807, 2.05) is 23.1 Å². The number of nitrogens with zero attached hydrogens (tertiary/aromatic N) is 2. The van der Waals surface area contributed by atoms with Gasteiger partial charge in [0.05, 0.1) is 38.2 Å². The number of quaternary nitrogens is 1. The Balaban J connectivity index is 1.58. The number of non-ortho nitro benzene ring substituents is 1. The molecular formula is C19H22N3O4+. The molecule has 1 fully saturated rings. The van der Waals surface area contributed by atoms with E-state index >= 15 is 0 Å². The molecule has 1 N–H and O–H groups in total. The lowest BCUT2D eigenvalue weighted by Gasteiger charge is -2.32. The predicted molar refractivity (Wildman–Crippen MR) is 96.4 cm³/mol. The number of amides is 1. The molecule has 0 spiro atoms. The Morgan fingerprint density at radius 1 is 1.19 bits per heavy atom. The van der Waals surface area contributed by atoms with E-state index in [-0.39, 0.29) is 16.5 Å². The van der Waals surface area contributed by atoms with Crippen LogP contribution in [0.5, 0.6) is 5.75 Å². The van der Waals surface area contributed by atoms with Gasteiger partial charge in [0.2, 0.25) is 0 Å². The maximum absolute atomic E-state index is 12.6. The molecule has 7 nitrogen and oxygen atoms in total. The van der Waals surface area contributed by atoms with Gasteiger partial charge in [-0.05, 0) is 18.2 Å². The maximum atomic E-state index is 12.6. The lowest BCUT2D eigenvalue weighted by atomic mass is 10.1. The zero-order valence-electron chi connectivity index (χ0n) is 14.7. The molecule has 1 aliphatic rings. The molecule has 1 heterocycles. The number of hydrogen-bond donors (Lipinski definition) is 1. The van der Waals surface area contributed by atoms with Crippen molar-refractivity contribution < 1.29 is 19.4 Å². The summed E-state index contributed by atoms with van der Waals surface area (Å²) >= 11 is 0. The predicted octanol–water partition coefficient (Wildman–Crippen LogP) is 1.14. The first-order valence-electron chi connectivity index (χ1n) is 8.57. The number of ether oxygens (including phenoxy) is 1. The van der Waals surface area contributed by atoms with E-state index in [2.05, 4.69) is 0 Å². The van der Waals surface area contributed by atoms with Crippen LogP contribution in [0.25, 0.3) is 0 Å².